The highest BCUT2D eigenvalue weighted by Crippen LogP contribution is 2.40. The van der Waals surface area contributed by atoms with Crippen molar-refractivity contribution in [3.63, 3.8) is 0 Å². The Labute approximate surface area is 303 Å². The molecule has 0 N–H and O–H groups in total. The summed E-state index contributed by atoms with van der Waals surface area (Å²) < 4.78 is 0. The van der Waals surface area contributed by atoms with Crippen molar-refractivity contribution in [2.45, 2.75) is 0 Å². The summed E-state index contributed by atoms with van der Waals surface area (Å²) in [4.78, 5) is 15.3. The van der Waals surface area contributed by atoms with Gasteiger partial charge < -0.3 is 0 Å². The van der Waals surface area contributed by atoms with E-state index in [1.54, 1.807) is 0 Å². The summed E-state index contributed by atoms with van der Waals surface area (Å²) in [5.41, 5.74) is 16.7. The first-order valence-corrected chi connectivity index (χ1v) is 17.5. The maximum Gasteiger partial charge on any atom is 0.0979 e. The van der Waals surface area contributed by atoms with Crippen LogP contribution in [0.4, 0.5) is 0 Å². The van der Waals surface area contributed by atoms with Gasteiger partial charge in [0, 0.05) is 34.6 Å². The van der Waals surface area contributed by atoms with E-state index in [2.05, 4.69) is 163 Å². The van der Waals surface area contributed by atoms with Crippen molar-refractivity contribution in [2.24, 2.45) is 0 Å². The van der Waals surface area contributed by atoms with Gasteiger partial charge in [0.1, 0.15) is 0 Å². The van der Waals surface area contributed by atoms with Crippen LogP contribution in [0.15, 0.2) is 200 Å². The number of nitrogens with zero attached hydrogens (tertiary/aromatic N) is 3. The lowest BCUT2D eigenvalue weighted by Gasteiger charge is -2.16. The van der Waals surface area contributed by atoms with Gasteiger partial charge in [0.2, 0.25) is 0 Å². The van der Waals surface area contributed by atoms with Crippen LogP contribution in [0, 0.1) is 0 Å². The van der Waals surface area contributed by atoms with Crippen molar-refractivity contribution in [3.8, 4) is 78.1 Å². The summed E-state index contributed by atoms with van der Waals surface area (Å²) in [7, 11) is 0. The van der Waals surface area contributed by atoms with E-state index in [0.717, 1.165) is 66.9 Å². The Bertz CT molecular complexity index is 2600. The molecule has 0 atom stereocenters. The van der Waals surface area contributed by atoms with Crippen LogP contribution >= 0.6 is 0 Å². The van der Waals surface area contributed by atoms with E-state index in [0.29, 0.717) is 0 Å². The minimum Gasteiger partial charge on any atom is -0.265 e. The van der Waals surface area contributed by atoms with Crippen molar-refractivity contribution in [1.29, 1.82) is 0 Å². The summed E-state index contributed by atoms with van der Waals surface area (Å²) in [6.45, 7) is 0. The molecule has 2 heterocycles. The van der Waals surface area contributed by atoms with Gasteiger partial charge in [0.05, 0.1) is 22.4 Å². The molecule has 7 aromatic carbocycles. The monoisotopic (exact) mass is 663 g/mol. The van der Waals surface area contributed by atoms with Gasteiger partial charge in [-0.25, -0.2) is 9.97 Å². The van der Waals surface area contributed by atoms with E-state index >= 15 is 0 Å². The summed E-state index contributed by atoms with van der Waals surface area (Å²) in [6.07, 6.45) is 3.65. The largest absolute Gasteiger partial charge is 0.265 e. The van der Waals surface area contributed by atoms with E-state index in [4.69, 9.17) is 9.97 Å². The Morgan fingerprint density at radius 3 is 0.923 bits per heavy atom. The van der Waals surface area contributed by atoms with Crippen LogP contribution in [0.25, 0.3) is 89.2 Å². The van der Waals surface area contributed by atoms with Crippen LogP contribution in [-0.2, 0) is 0 Å². The smallest absolute Gasteiger partial charge is 0.0979 e. The highest BCUT2D eigenvalue weighted by atomic mass is 14.8. The fourth-order valence-corrected chi connectivity index (χ4v) is 6.91. The van der Waals surface area contributed by atoms with Crippen LogP contribution in [0.1, 0.15) is 0 Å². The number of fused-ring (bicyclic) bond motifs is 1. The maximum atomic E-state index is 5.56. The predicted octanol–water partition coefficient (Wildman–Crippen LogP) is 12.7. The van der Waals surface area contributed by atoms with Crippen LogP contribution < -0.4 is 0 Å². The number of rotatable bonds is 7. The molecule has 0 unspecified atom stereocenters. The molecule has 0 bridgehead atoms. The third-order valence-corrected chi connectivity index (χ3v) is 9.65. The first-order chi connectivity index (χ1) is 25.8. The topological polar surface area (TPSA) is 38.7 Å². The van der Waals surface area contributed by atoms with Crippen molar-refractivity contribution in [3.05, 3.63) is 200 Å². The standard InChI is InChI=1S/C49H33N3/c1-4-10-34(11-5-1)36-16-22-40(23-17-36)44-28-29-45(41-24-18-37(19-25-41)35-12-6-2-7-13-35)49-48(44)51-46(42-14-8-3-9-15-42)47(52-49)43-26-20-38(21-27-43)39-30-32-50-33-31-39/h1-33H. The highest BCUT2D eigenvalue weighted by molar-refractivity contribution is 6.03. The Balaban J connectivity index is 1.25. The molecule has 52 heavy (non-hydrogen) atoms. The number of pyridine rings is 1. The quantitative estimate of drug-likeness (QED) is 0.170. The Morgan fingerprint density at radius 2 is 0.519 bits per heavy atom. The fourth-order valence-electron chi connectivity index (χ4n) is 6.91. The summed E-state index contributed by atoms with van der Waals surface area (Å²) in [5.74, 6) is 0. The van der Waals surface area contributed by atoms with E-state index in [9.17, 15) is 0 Å². The molecule has 9 rings (SSSR count). The van der Waals surface area contributed by atoms with Gasteiger partial charge in [-0.3, -0.25) is 4.98 Å². The Morgan fingerprint density at radius 1 is 0.231 bits per heavy atom. The number of hydrogen-bond donors (Lipinski definition) is 0. The lowest BCUT2D eigenvalue weighted by atomic mass is 9.94. The highest BCUT2D eigenvalue weighted by Gasteiger charge is 2.19. The van der Waals surface area contributed by atoms with Crippen molar-refractivity contribution < 1.29 is 0 Å². The van der Waals surface area contributed by atoms with Gasteiger partial charge in [-0.1, -0.05) is 176 Å². The zero-order chi connectivity index (χ0) is 34.7. The second-order valence-electron chi connectivity index (χ2n) is 12.8. The van der Waals surface area contributed by atoms with E-state index in [1.807, 2.05) is 42.7 Å². The van der Waals surface area contributed by atoms with Gasteiger partial charge in [-0.15, -0.1) is 0 Å². The molecular weight excluding hydrogens is 631 g/mol. The zero-order valence-electron chi connectivity index (χ0n) is 28.4. The van der Waals surface area contributed by atoms with Gasteiger partial charge >= 0.3 is 0 Å². The summed E-state index contributed by atoms with van der Waals surface area (Å²) in [6, 6.07) is 66.0. The Kier molecular flexibility index (Phi) is 8.20. The third kappa shape index (κ3) is 6.06. The first kappa shape index (κ1) is 31.0. The zero-order valence-corrected chi connectivity index (χ0v) is 28.4. The van der Waals surface area contributed by atoms with Crippen molar-refractivity contribution in [2.75, 3.05) is 0 Å². The average Bonchev–Trinajstić information content (AvgIpc) is 3.24. The van der Waals surface area contributed by atoms with Crippen LogP contribution in [0.5, 0.6) is 0 Å². The molecule has 0 amide bonds. The summed E-state index contributed by atoms with van der Waals surface area (Å²) in [5, 5.41) is 0. The van der Waals surface area contributed by atoms with Crippen molar-refractivity contribution in [1.82, 2.24) is 15.0 Å². The van der Waals surface area contributed by atoms with Crippen LogP contribution in [0.2, 0.25) is 0 Å². The number of hydrogen-bond acceptors (Lipinski definition) is 3. The molecular formula is C49H33N3. The van der Waals surface area contributed by atoms with E-state index < -0.39 is 0 Å². The molecule has 0 fully saturated rings. The lowest BCUT2D eigenvalue weighted by molar-refractivity contribution is 1.29. The van der Waals surface area contributed by atoms with Gasteiger partial charge in [0.15, 0.2) is 0 Å². The van der Waals surface area contributed by atoms with Gasteiger partial charge in [-0.05, 0) is 56.6 Å². The van der Waals surface area contributed by atoms with E-state index in [-0.39, 0.29) is 0 Å². The predicted molar refractivity (Wildman–Crippen MR) is 215 cm³/mol. The number of benzene rings is 7. The molecule has 0 radical (unpaired) electrons. The molecule has 3 heteroatoms. The van der Waals surface area contributed by atoms with Crippen LogP contribution in [-0.4, -0.2) is 15.0 Å². The minimum atomic E-state index is 0.846. The normalized spacial score (nSPS) is 11.1. The molecule has 0 spiro atoms. The Hall–Kier alpha value is -6.97. The fraction of sp³-hybridized carbons (Fsp3) is 0. The third-order valence-electron chi connectivity index (χ3n) is 9.65. The second kappa shape index (κ2) is 13.7. The van der Waals surface area contributed by atoms with Crippen molar-refractivity contribution >= 4 is 11.0 Å². The SMILES string of the molecule is c1ccc(-c2ccc(-c3ccc(-c4ccc(-c5ccccc5)cc4)c4nc(-c5ccc(-c6ccncc6)cc5)c(-c5ccccc5)nc34)cc2)cc1. The van der Waals surface area contributed by atoms with E-state index in [1.165, 1.54) is 22.3 Å². The van der Waals surface area contributed by atoms with Gasteiger partial charge in [-0.2, -0.15) is 0 Å². The molecule has 0 saturated heterocycles. The van der Waals surface area contributed by atoms with Crippen LogP contribution in [0.3, 0.4) is 0 Å². The minimum absolute atomic E-state index is 0.846. The average molecular weight is 664 g/mol. The first-order valence-electron chi connectivity index (χ1n) is 17.5. The molecule has 244 valence electrons. The molecule has 2 aromatic heterocycles. The molecule has 9 aromatic rings. The lowest BCUT2D eigenvalue weighted by Crippen LogP contribution is -1.99. The molecule has 0 aliphatic heterocycles. The number of aromatic nitrogens is 3. The second-order valence-corrected chi connectivity index (χ2v) is 12.8. The van der Waals surface area contributed by atoms with Gasteiger partial charge in [0.25, 0.3) is 0 Å². The molecule has 0 aliphatic rings. The molecule has 3 nitrogen and oxygen atoms in total. The summed E-state index contributed by atoms with van der Waals surface area (Å²) >= 11 is 0. The molecule has 0 aliphatic carbocycles. The molecule has 0 saturated carbocycles. The maximum absolute atomic E-state index is 5.56.